The van der Waals surface area contributed by atoms with Gasteiger partial charge in [-0.25, -0.2) is 4.79 Å². The topological polar surface area (TPSA) is 149 Å². The SMILES string of the molecule is O=C(NCCCOCCOCCOCCOCCOCCOCCOCCOCCOCCOCCOCCOCCCCCCCl)OCC1c2ccccc2-c2ccccc21. The number of hydrogen-bond acceptors (Lipinski definition) is 14. The van der Waals surface area contributed by atoms with E-state index in [9.17, 15) is 4.79 Å². The second-order valence-electron chi connectivity index (χ2n) is 14.1. The van der Waals surface area contributed by atoms with E-state index in [0.29, 0.717) is 172 Å². The first-order valence-electron chi connectivity index (χ1n) is 22.4. The first-order valence-corrected chi connectivity index (χ1v) is 22.9. The van der Waals surface area contributed by atoms with Gasteiger partial charge in [0.1, 0.15) is 6.61 Å². The van der Waals surface area contributed by atoms with Gasteiger partial charge in [0.15, 0.2) is 0 Å². The Morgan fingerprint density at radius 1 is 0.403 bits per heavy atom. The molecule has 0 radical (unpaired) electrons. The fraction of sp³-hybridized carbons (Fsp3) is 0.717. The summed E-state index contributed by atoms with van der Waals surface area (Å²) in [6.45, 7) is 13.3. The Balaban J connectivity index is 0.911. The minimum Gasteiger partial charge on any atom is -0.449 e. The molecule has 2 aromatic carbocycles. The monoisotopic (exact) mass is 899 g/mol. The normalized spacial score (nSPS) is 12.2. The van der Waals surface area contributed by atoms with Crippen LogP contribution in [0.25, 0.3) is 11.1 Å². The molecule has 2 aromatic rings. The van der Waals surface area contributed by atoms with Gasteiger partial charge in [-0.05, 0) is 41.5 Å². The Morgan fingerprint density at radius 2 is 0.710 bits per heavy atom. The molecule has 1 aliphatic rings. The van der Waals surface area contributed by atoms with E-state index in [2.05, 4.69) is 29.6 Å². The van der Waals surface area contributed by atoms with Crippen LogP contribution in [-0.2, 0) is 61.6 Å². The molecule has 0 heterocycles. The largest absolute Gasteiger partial charge is 0.449 e. The van der Waals surface area contributed by atoms with E-state index in [4.69, 9.17) is 73.2 Å². The average Bonchev–Trinajstić information content (AvgIpc) is 3.61. The number of benzene rings is 2. The van der Waals surface area contributed by atoms with Crippen molar-refractivity contribution in [1.82, 2.24) is 5.32 Å². The lowest BCUT2D eigenvalue weighted by Gasteiger charge is -2.14. The maximum absolute atomic E-state index is 12.3. The highest BCUT2D eigenvalue weighted by Gasteiger charge is 2.29. The third kappa shape index (κ3) is 27.6. The summed E-state index contributed by atoms with van der Waals surface area (Å²) in [7, 11) is 0. The number of alkyl carbamates (subject to hydrolysis) is 1. The van der Waals surface area contributed by atoms with Crippen molar-refractivity contribution in [2.75, 3.05) is 178 Å². The predicted octanol–water partition coefficient (Wildman–Crippen LogP) is 5.91. The Hall–Kier alpha value is -2.48. The van der Waals surface area contributed by atoms with Crippen molar-refractivity contribution in [3.8, 4) is 11.1 Å². The van der Waals surface area contributed by atoms with Crippen LogP contribution in [-0.4, -0.2) is 184 Å². The van der Waals surface area contributed by atoms with E-state index >= 15 is 0 Å². The molecule has 1 amide bonds. The van der Waals surface area contributed by atoms with E-state index < -0.39 is 6.09 Å². The number of amides is 1. The first-order chi connectivity index (χ1) is 30.8. The van der Waals surface area contributed by atoms with Gasteiger partial charge in [-0.15, -0.1) is 11.6 Å². The highest BCUT2D eigenvalue weighted by molar-refractivity contribution is 6.17. The van der Waals surface area contributed by atoms with Crippen LogP contribution < -0.4 is 5.32 Å². The summed E-state index contributed by atoms with van der Waals surface area (Å²) in [5, 5.41) is 2.81. The molecule has 16 heteroatoms. The van der Waals surface area contributed by atoms with Crippen molar-refractivity contribution >= 4 is 17.7 Å². The minimum atomic E-state index is -0.416. The van der Waals surface area contributed by atoms with Crippen LogP contribution in [0.15, 0.2) is 48.5 Å². The molecule has 0 saturated heterocycles. The molecule has 0 fully saturated rings. The maximum atomic E-state index is 12.3. The second-order valence-corrected chi connectivity index (χ2v) is 14.4. The molecule has 0 unspecified atom stereocenters. The van der Waals surface area contributed by atoms with Gasteiger partial charge in [0.2, 0.25) is 0 Å². The Labute approximate surface area is 374 Å². The second kappa shape index (κ2) is 40.1. The van der Waals surface area contributed by atoms with E-state index in [1.807, 2.05) is 24.3 Å². The van der Waals surface area contributed by atoms with Crippen molar-refractivity contribution in [1.29, 1.82) is 0 Å². The van der Waals surface area contributed by atoms with Crippen LogP contribution in [0.4, 0.5) is 4.79 Å². The molecule has 3 rings (SSSR count). The van der Waals surface area contributed by atoms with E-state index in [0.717, 1.165) is 31.7 Å². The summed E-state index contributed by atoms with van der Waals surface area (Å²) in [6.07, 6.45) is 4.75. The molecule has 0 aliphatic heterocycles. The zero-order valence-electron chi connectivity index (χ0n) is 36.9. The highest BCUT2D eigenvalue weighted by atomic mass is 35.5. The van der Waals surface area contributed by atoms with Gasteiger partial charge in [-0.1, -0.05) is 61.4 Å². The molecule has 62 heavy (non-hydrogen) atoms. The summed E-state index contributed by atoms with van der Waals surface area (Å²) in [4.78, 5) is 12.3. The van der Waals surface area contributed by atoms with Crippen LogP contribution in [0.2, 0.25) is 0 Å². The predicted molar refractivity (Wildman–Crippen MR) is 237 cm³/mol. The third-order valence-electron chi connectivity index (χ3n) is 9.34. The molecular weight excluding hydrogens is 826 g/mol. The quantitative estimate of drug-likeness (QED) is 0.0620. The molecule has 0 saturated carbocycles. The first kappa shape index (κ1) is 53.9. The molecule has 0 atom stereocenters. The van der Waals surface area contributed by atoms with Gasteiger partial charge < -0.3 is 66.9 Å². The molecule has 0 bridgehead atoms. The van der Waals surface area contributed by atoms with Crippen LogP contribution in [0.3, 0.4) is 0 Å². The Morgan fingerprint density at radius 3 is 1.06 bits per heavy atom. The molecule has 1 N–H and O–H groups in total. The lowest BCUT2D eigenvalue weighted by molar-refractivity contribution is -0.0283. The van der Waals surface area contributed by atoms with E-state index in [-0.39, 0.29) is 5.92 Å². The highest BCUT2D eigenvalue weighted by Crippen LogP contribution is 2.44. The number of carbonyl (C=O) groups excluding carboxylic acids is 1. The number of halogens is 1. The summed E-state index contributed by atoms with van der Waals surface area (Å²) < 4.78 is 71.8. The number of hydrogen-bond donors (Lipinski definition) is 1. The Bertz CT molecular complexity index is 1280. The van der Waals surface area contributed by atoms with Crippen LogP contribution in [0.1, 0.15) is 49.1 Å². The number of carbonyl (C=O) groups is 1. The van der Waals surface area contributed by atoms with Gasteiger partial charge in [0.05, 0.1) is 145 Å². The molecule has 1 aliphatic carbocycles. The van der Waals surface area contributed by atoms with Crippen molar-refractivity contribution in [3.63, 3.8) is 0 Å². The fourth-order valence-electron chi connectivity index (χ4n) is 6.19. The number of nitrogens with one attached hydrogen (secondary N) is 1. The summed E-state index contributed by atoms with van der Waals surface area (Å²) in [5.74, 6) is 0.786. The molecule has 354 valence electrons. The fourth-order valence-corrected chi connectivity index (χ4v) is 6.38. The minimum absolute atomic E-state index is 0.0475. The maximum Gasteiger partial charge on any atom is 0.407 e. The smallest absolute Gasteiger partial charge is 0.407 e. The van der Waals surface area contributed by atoms with Gasteiger partial charge in [-0.3, -0.25) is 0 Å². The summed E-state index contributed by atoms with van der Waals surface area (Å²) >= 11 is 5.66. The van der Waals surface area contributed by atoms with Crippen molar-refractivity contribution in [2.24, 2.45) is 0 Å². The zero-order valence-corrected chi connectivity index (χ0v) is 37.7. The number of alkyl halides is 1. The van der Waals surface area contributed by atoms with Gasteiger partial charge in [-0.2, -0.15) is 0 Å². The van der Waals surface area contributed by atoms with Crippen molar-refractivity contribution in [3.05, 3.63) is 59.7 Å². The Kier molecular flexibility index (Phi) is 34.8. The van der Waals surface area contributed by atoms with Crippen LogP contribution in [0.5, 0.6) is 0 Å². The van der Waals surface area contributed by atoms with Crippen LogP contribution >= 0.6 is 11.6 Å². The lowest BCUT2D eigenvalue weighted by atomic mass is 9.98. The van der Waals surface area contributed by atoms with Crippen LogP contribution in [0, 0.1) is 0 Å². The van der Waals surface area contributed by atoms with E-state index in [1.165, 1.54) is 28.7 Å². The number of rotatable bonds is 45. The molecule has 0 spiro atoms. The zero-order chi connectivity index (χ0) is 43.6. The standard InChI is InChI=1S/C46H74ClNO14/c47-14-7-1-2-8-16-50-18-20-52-22-24-54-26-28-56-30-32-58-34-36-60-38-39-61-37-35-59-33-31-57-29-27-55-25-23-53-21-19-51-17-9-15-48-46(49)62-40-45-43-12-5-3-10-41(43)42-11-4-6-13-44(42)45/h3-6,10-13,45H,1-2,7-9,14-40H2,(H,48,49). The third-order valence-corrected chi connectivity index (χ3v) is 9.61. The molecule has 0 aromatic heterocycles. The van der Waals surface area contributed by atoms with Crippen molar-refractivity contribution < 1.29 is 66.4 Å². The molecular formula is C46H74ClNO14. The number of unbranched alkanes of at least 4 members (excludes halogenated alkanes) is 3. The van der Waals surface area contributed by atoms with Crippen molar-refractivity contribution in [2.45, 2.75) is 38.0 Å². The van der Waals surface area contributed by atoms with Gasteiger partial charge >= 0.3 is 6.09 Å². The number of fused-ring (bicyclic) bond motifs is 3. The number of ether oxygens (including phenoxy) is 13. The molecule has 15 nitrogen and oxygen atoms in total. The van der Waals surface area contributed by atoms with E-state index in [1.54, 1.807) is 0 Å². The van der Waals surface area contributed by atoms with Gasteiger partial charge in [0.25, 0.3) is 0 Å². The lowest BCUT2D eigenvalue weighted by Crippen LogP contribution is -2.27. The van der Waals surface area contributed by atoms with Gasteiger partial charge in [0, 0.05) is 31.6 Å². The summed E-state index contributed by atoms with van der Waals surface area (Å²) in [5.41, 5.74) is 4.80. The summed E-state index contributed by atoms with van der Waals surface area (Å²) in [6, 6.07) is 16.6. The average molecular weight is 901 g/mol.